The molecule has 1 rings (SSSR count). The summed E-state index contributed by atoms with van der Waals surface area (Å²) in [5, 5.41) is 45.4. The zero-order valence-electron chi connectivity index (χ0n) is 6.54. The van der Waals surface area contributed by atoms with Gasteiger partial charge in [0.25, 0.3) is 0 Å². The first kappa shape index (κ1) is 9.88. The third kappa shape index (κ3) is 1.60. The van der Waals surface area contributed by atoms with E-state index in [2.05, 4.69) is 0 Å². The summed E-state index contributed by atoms with van der Waals surface area (Å²) in [6.45, 7) is -0.397. The Labute approximate surface area is 69.9 Å². The van der Waals surface area contributed by atoms with Gasteiger partial charge in [0.2, 0.25) is 0 Å². The molecule has 1 aliphatic rings. The Morgan fingerprint density at radius 2 is 1.50 bits per heavy atom. The molecule has 0 aromatic carbocycles. The maximum atomic E-state index is 9.25. The minimum Gasteiger partial charge on any atom is -0.396 e. The van der Waals surface area contributed by atoms with E-state index in [4.69, 9.17) is 15.3 Å². The molecule has 0 aromatic heterocycles. The Balaban J connectivity index is 2.65. The van der Waals surface area contributed by atoms with Crippen LogP contribution < -0.4 is 0 Å². The standard InChI is InChI=1S/C7H14O5/c8-2-3-4(9)1-5(10)7(12)6(3)11/h3-12H,1-2H2. The average molecular weight is 178 g/mol. The molecule has 5 heteroatoms. The summed E-state index contributed by atoms with van der Waals surface area (Å²) in [4.78, 5) is 0. The Morgan fingerprint density at radius 3 is 2.00 bits per heavy atom. The second-order valence-corrected chi connectivity index (χ2v) is 3.20. The van der Waals surface area contributed by atoms with Crippen LogP contribution in [-0.4, -0.2) is 56.6 Å². The summed E-state index contributed by atoms with van der Waals surface area (Å²) < 4.78 is 0. The van der Waals surface area contributed by atoms with Crippen molar-refractivity contribution in [2.45, 2.75) is 30.8 Å². The molecule has 0 saturated heterocycles. The first-order valence-corrected chi connectivity index (χ1v) is 3.91. The van der Waals surface area contributed by atoms with Crippen molar-refractivity contribution in [1.82, 2.24) is 0 Å². The highest BCUT2D eigenvalue weighted by Gasteiger charge is 2.41. The van der Waals surface area contributed by atoms with Gasteiger partial charge >= 0.3 is 0 Å². The van der Waals surface area contributed by atoms with E-state index >= 15 is 0 Å². The van der Waals surface area contributed by atoms with Crippen LogP contribution in [-0.2, 0) is 0 Å². The molecule has 0 aromatic rings. The molecule has 0 aliphatic heterocycles. The summed E-state index contributed by atoms with van der Waals surface area (Å²) >= 11 is 0. The summed E-state index contributed by atoms with van der Waals surface area (Å²) in [6, 6.07) is 0. The first-order valence-electron chi connectivity index (χ1n) is 3.91. The van der Waals surface area contributed by atoms with Crippen molar-refractivity contribution in [3.8, 4) is 0 Å². The fraction of sp³-hybridized carbons (Fsp3) is 1.00. The number of hydrogen-bond donors (Lipinski definition) is 5. The normalized spacial score (nSPS) is 49.2. The van der Waals surface area contributed by atoms with E-state index in [1.54, 1.807) is 0 Å². The van der Waals surface area contributed by atoms with E-state index in [0.29, 0.717) is 0 Å². The zero-order chi connectivity index (χ0) is 9.30. The summed E-state index contributed by atoms with van der Waals surface area (Å²) in [6.07, 6.45) is -4.61. The topological polar surface area (TPSA) is 101 Å². The Bertz CT molecular complexity index is 151. The van der Waals surface area contributed by atoms with Crippen LogP contribution in [0.25, 0.3) is 0 Å². The molecule has 1 fully saturated rings. The average Bonchev–Trinajstić information content (AvgIpc) is 2.01. The lowest BCUT2D eigenvalue weighted by molar-refractivity contribution is -0.157. The van der Waals surface area contributed by atoms with Gasteiger partial charge in [0.05, 0.1) is 24.9 Å². The quantitative estimate of drug-likeness (QED) is 0.304. The van der Waals surface area contributed by atoms with Crippen molar-refractivity contribution >= 4 is 0 Å². The first-order chi connectivity index (χ1) is 5.57. The van der Waals surface area contributed by atoms with Gasteiger partial charge in [-0.2, -0.15) is 0 Å². The fourth-order valence-corrected chi connectivity index (χ4v) is 1.50. The molecule has 5 N–H and O–H groups in total. The Hall–Kier alpha value is -0.200. The number of aliphatic hydroxyl groups is 5. The predicted octanol–water partition coefficient (Wildman–Crippen LogP) is -2.56. The van der Waals surface area contributed by atoms with Crippen LogP contribution in [0.5, 0.6) is 0 Å². The second-order valence-electron chi connectivity index (χ2n) is 3.20. The van der Waals surface area contributed by atoms with Crippen LogP contribution in [0, 0.1) is 5.92 Å². The summed E-state index contributed by atoms with van der Waals surface area (Å²) in [5.41, 5.74) is 0. The molecule has 5 nitrogen and oxygen atoms in total. The van der Waals surface area contributed by atoms with Gasteiger partial charge in [-0.15, -0.1) is 0 Å². The van der Waals surface area contributed by atoms with E-state index in [0.717, 1.165) is 0 Å². The number of aliphatic hydroxyl groups excluding tert-OH is 5. The molecule has 0 radical (unpaired) electrons. The molecule has 72 valence electrons. The third-order valence-electron chi connectivity index (χ3n) is 2.37. The van der Waals surface area contributed by atoms with Gasteiger partial charge in [0, 0.05) is 12.3 Å². The number of hydrogen-bond acceptors (Lipinski definition) is 5. The maximum Gasteiger partial charge on any atom is 0.106 e. The van der Waals surface area contributed by atoms with E-state index in [1.807, 2.05) is 0 Å². The van der Waals surface area contributed by atoms with E-state index < -0.39 is 36.9 Å². The van der Waals surface area contributed by atoms with Crippen LogP contribution in [0.1, 0.15) is 6.42 Å². The van der Waals surface area contributed by atoms with Crippen molar-refractivity contribution in [3.63, 3.8) is 0 Å². The van der Waals surface area contributed by atoms with Crippen LogP contribution in [0.2, 0.25) is 0 Å². The van der Waals surface area contributed by atoms with Gasteiger partial charge in [0.15, 0.2) is 0 Å². The van der Waals surface area contributed by atoms with E-state index in [1.165, 1.54) is 0 Å². The van der Waals surface area contributed by atoms with E-state index in [-0.39, 0.29) is 6.42 Å². The second kappa shape index (κ2) is 3.68. The SMILES string of the molecule is OCC1C(O)CC(O)C(O)C1O. The van der Waals surface area contributed by atoms with Gasteiger partial charge in [-0.3, -0.25) is 0 Å². The smallest absolute Gasteiger partial charge is 0.106 e. The molecule has 0 bridgehead atoms. The monoisotopic (exact) mass is 178 g/mol. The molecule has 0 heterocycles. The highest BCUT2D eigenvalue weighted by molar-refractivity contribution is 4.91. The van der Waals surface area contributed by atoms with Gasteiger partial charge < -0.3 is 25.5 Å². The van der Waals surface area contributed by atoms with Crippen molar-refractivity contribution in [2.24, 2.45) is 5.92 Å². The van der Waals surface area contributed by atoms with Crippen molar-refractivity contribution in [2.75, 3.05) is 6.61 Å². The highest BCUT2D eigenvalue weighted by Crippen LogP contribution is 2.25. The van der Waals surface area contributed by atoms with Crippen molar-refractivity contribution in [3.05, 3.63) is 0 Å². The Kier molecular flexibility index (Phi) is 3.03. The third-order valence-corrected chi connectivity index (χ3v) is 2.37. The van der Waals surface area contributed by atoms with Crippen LogP contribution in [0.3, 0.4) is 0 Å². The largest absolute Gasteiger partial charge is 0.396 e. The van der Waals surface area contributed by atoms with Gasteiger partial charge in [-0.05, 0) is 0 Å². The van der Waals surface area contributed by atoms with Gasteiger partial charge in [-0.25, -0.2) is 0 Å². The summed E-state index contributed by atoms with van der Waals surface area (Å²) in [7, 11) is 0. The fourth-order valence-electron chi connectivity index (χ4n) is 1.50. The van der Waals surface area contributed by atoms with Gasteiger partial charge in [-0.1, -0.05) is 0 Å². The highest BCUT2D eigenvalue weighted by atomic mass is 16.4. The van der Waals surface area contributed by atoms with Crippen LogP contribution in [0.4, 0.5) is 0 Å². The predicted molar refractivity (Wildman–Crippen MR) is 39.2 cm³/mol. The van der Waals surface area contributed by atoms with Crippen LogP contribution in [0.15, 0.2) is 0 Å². The Morgan fingerprint density at radius 1 is 0.917 bits per heavy atom. The summed E-state index contributed by atoms with van der Waals surface area (Å²) in [5.74, 6) is -0.761. The molecule has 12 heavy (non-hydrogen) atoms. The van der Waals surface area contributed by atoms with Gasteiger partial charge in [0.1, 0.15) is 6.10 Å². The molecule has 0 spiro atoms. The molecule has 5 atom stereocenters. The zero-order valence-corrected chi connectivity index (χ0v) is 6.54. The molecule has 1 aliphatic carbocycles. The lowest BCUT2D eigenvalue weighted by Crippen LogP contribution is -2.53. The lowest BCUT2D eigenvalue weighted by atomic mass is 9.81. The number of rotatable bonds is 1. The minimum atomic E-state index is -1.27. The molecular weight excluding hydrogens is 164 g/mol. The molecule has 1 saturated carbocycles. The van der Waals surface area contributed by atoms with Crippen LogP contribution >= 0.6 is 0 Å². The molecule has 5 unspecified atom stereocenters. The lowest BCUT2D eigenvalue weighted by Gasteiger charge is -2.37. The van der Waals surface area contributed by atoms with Crippen molar-refractivity contribution in [1.29, 1.82) is 0 Å². The maximum absolute atomic E-state index is 9.25. The van der Waals surface area contributed by atoms with Crippen molar-refractivity contribution < 1.29 is 25.5 Å². The molecular formula is C7H14O5. The minimum absolute atomic E-state index is 0.0105. The molecule has 0 amide bonds. The van der Waals surface area contributed by atoms with E-state index in [9.17, 15) is 10.2 Å².